The number of hydrogen-bond donors (Lipinski definition) is 1. The van der Waals surface area contributed by atoms with Crippen LogP contribution in [0.5, 0.6) is 0 Å². The third-order valence-corrected chi connectivity index (χ3v) is 3.66. The average Bonchev–Trinajstić information content (AvgIpc) is 2.71. The smallest absolute Gasteiger partial charge is 0.0771 e. The van der Waals surface area contributed by atoms with Crippen molar-refractivity contribution in [3.8, 4) is 0 Å². The topological polar surface area (TPSA) is 84.8 Å². The highest BCUT2D eigenvalue weighted by molar-refractivity contribution is 4.48. The molecule has 8 nitrogen and oxygen atoms in total. The summed E-state index contributed by atoms with van der Waals surface area (Å²) in [5.41, 5.74) is 0. The van der Waals surface area contributed by atoms with Gasteiger partial charge in [0.1, 0.15) is 0 Å². The molecular formula is C20H42O8. The zero-order valence-electron chi connectivity index (χ0n) is 17.9. The zero-order valence-corrected chi connectivity index (χ0v) is 17.9. The Morgan fingerprint density at radius 1 is 0.500 bits per heavy atom. The molecular weight excluding hydrogens is 368 g/mol. The molecule has 0 rings (SSSR count). The van der Waals surface area contributed by atoms with E-state index in [4.69, 9.17) is 33.2 Å². The molecule has 0 bridgehead atoms. The summed E-state index contributed by atoms with van der Waals surface area (Å²) in [6, 6.07) is 0. The predicted octanol–water partition coefficient (Wildman–Crippen LogP) is 1.67. The van der Waals surface area contributed by atoms with Crippen molar-refractivity contribution < 1.29 is 38.3 Å². The van der Waals surface area contributed by atoms with Crippen molar-refractivity contribution >= 4 is 0 Å². The zero-order chi connectivity index (χ0) is 20.5. The summed E-state index contributed by atoms with van der Waals surface area (Å²) >= 11 is 0. The molecule has 1 atom stereocenters. The average molecular weight is 411 g/mol. The lowest BCUT2D eigenvalue weighted by Gasteiger charge is -2.09. The van der Waals surface area contributed by atoms with Gasteiger partial charge in [0.25, 0.3) is 0 Å². The second-order valence-corrected chi connectivity index (χ2v) is 6.16. The molecule has 1 N–H and O–H groups in total. The SMILES string of the molecule is CCCCOCCOCCOCCOCCOCCOCCOCC(O)CC. The molecule has 0 spiro atoms. The Bertz CT molecular complexity index is 281. The first-order valence-corrected chi connectivity index (χ1v) is 10.5. The minimum Gasteiger partial charge on any atom is -0.391 e. The van der Waals surface area contributed by atoms with E-state index in [1.54, 1.807) is 0 Å². The van der Waals surface area contributed by atoms with Crippen LogP contribution < -0.4 is 0 Å². The maximum atomic E-state index is 9.31. The van der Waals surface area contributed by atoms with E-state index in [1.165, 1.54) is 0 Å². The normalized spacial score (nSPS) is 12.5. The van der Waals surface area contributed by atoms with Gasteiger partial charge in [-0.1, -0.05) is 20.3 Å². The first-order valence-electron chi connectivity index (χ1n) is 10.5. The summed E-state index contributed by atoms with van der Waals surface area (Å²) in [4.78, 5) is 0. The molecule has 0 fully saturated rings. The molecule has 0 radical (unpaired) electrons. The first-order chi connectivity index (χ1) is 13.8. The van der Waals surface area contributed by atoms with E-state index >= 15 is 0 Å². The summed E-state index contributed by atoms with van der Waals surface area (Å²) in [7, 11) is 0. The van der Waals surface area contributed by atoms with Gasteiger partial charge in [-0.3, -0.25) is 0 Å². The monoisotopic (exact) mass is 410 g/mol. The van der Waals surface area contributed by atoms with Crippen LogP contribution in [-0.4, -0.2) is 104 Å². The van der Waals surface area contributed by atoms with Crippen molar-refractivity contribution in [1.82, 2.24) is 0 Å². The van der Waals surface area contributed by atoms with E-state index in [0.29, 0.717) is 92.3 Å². The van der Waals surface area contributed by atoms with Crippen molar-refractivity contribution in [1.29, 1.82) is 0 Å². The highest BCUT2D eigenvalue weighted by Gasteiger charge is 1.99. The number of ether oxygens (including phenoxy) is 7. The van der Waals surface area contributed by atoms with Gasteiger partial charge in [0.05, 0.1) is 92.0 Å². The molecule has 170 valence electrons. The summed E-state index contributed by atoms with van der Waals surface area (Å²) in [5, 5.41) is 9.31. The van der Waals surface area contributed by atoms with E-state index < -0.39 is 0 Å². The molecule has 0 aromatic rings. The van der Waals surface area contributed by atoms with Crippen molar-refractivity contribution in [2.24, 2.45) is 0 Å². The molecule has 0 aromatic carbocycles. The third-order valence-electron chi connectivity index (χ3n) is 3.66. The minimum atomic E-state index is -0.387. The Labute approximate surface area is 170 Å². The van der Waals surface area contributed by atoms with Gasteiger partial charge >= 0.3 is 0 Å². The molecule has 0 amide bonds. The van der Waals surface area contributed by atoms with Gasteiger partial charge in [-0.2, -0.15) is 0 Å². The van der Waals surface area contributed by atoms with Gasteiger partial charge in [-0.15, -0.1) is 0 Å². The maximum Gasteiger partial charge on any atom is 0.0771 e. The number of rotatable bonds is 24. The summed E-state index contributed by atoms with van der Waals surface area (Å²) in [5.74, 6) is 0. The lowest BCUT2D eigenvalue weighted by atomic mass is 10.3. The second kappa shape index (κ2) is 24.7. The van der Waals surface area contributed by atoms with Crippen LogP contribution in [0.1, 0.15) is 33.1 Å². The lowest BCUT2D eigenvalue weighted by Crippen LogP contribution is -2.17. The Morgan fingerprint density at radius 3 is 1.14 bits per heavy atom. The molecule has 0 aliphatic heterocycles. The fourth-order valence-electron chi connectivity index (χ4n) is 1.90. The molecule has 0 aromatic heterocycles. The first kappa shape index (κ1) is 27.7. The van der Waals surface area contributed by atoms with E-state index in [0.717, 1.165) is 19.4 Å². The van der Waals surface area contributed by atoms with Crippen LogP contribution in [0.4, 0.5) is 0 Å². The summed E-state index contributed by atoms with van der Waals surface area (Å²) < 4.78 is 37.6. The summed E-state index contributed by atoms with van der Waals surface area (Å²) in [6.07, 6.45) is 2.57. The van der Waals surface area contributed by atoms with Gasteiger partial charge in [0.15, 0.2) is 0 Å². The summed E-state index contributed by atoms with van der Waals surface area (Å²) in [6.45, 7) is 11.8. The highest BCUT2D eigenvalue weighted by Crippen LogP contribution is 1.91. The largest absolute Gasteiger partial charge is 0.391 e. The van der Waals surface area contributed by atoms with E-state index in [2.05, 4.69) is 6.92 Å². The Balaban J connectivity index is 3.00. The van der Waals surface area contributed by atoms with Crippen molar-refractivity contribution in [2.45, 2.75) is 39.2 Å². The number of aliphatic hydroxyl groups is 1. The van der Waals surface area contributed by atoms with Crippen molar-refractivity contribution in [3.05, 3.63) is 0 Å². The molecule has 0 aliphatic carbocycles. The maximum absolute atomic E-state index is 9.31. The number of aliphatic hydroxyl groups excluding tert-OH is 1. The quantitative estimate of drug-likeness (QED) is 0.241. The third kappa shape index (κ3) is 23.7. The molecule has 8 heteroatoms. The van der Waals surface area contributed by atoms with Crippen LogP contribution in [0.25, 0.3) is 0 Å². The van der Waals surface area contributed by atoms with Crippen LogP contribution in [-0.2, 0) is 33.2 Å². The fourth-order valence-corrected chi connectivity index (χ4v) is 1.90. The Kier molecular flexibility index (Phi) is 24.4. The van der Waals surface area contributed by atoms with Gasteiger partial charge in [0.2, 0.25) is 0 Å². The second-order valence-electron chi connectivity index (χ2n) is 6.16. The van der Waals surface area contributed by atoms with Crippen molar-refractivity contribution in [2.75, 3.05) is 92.5 Å². The molecule has 0 aliphatic rings. The highest BCUT2D eigenvalue weighted by atomic mass is 16.6. The van der Waals surface area contributed by atoms with Gasteiger partial charge < -0.3 is 38.3 Å². The molecule has 0 saturated heterocycles. The van der Waals surface area contributed by atoms with Crippen LogP contribution in [0.15, 0.2) is 0 Å². The van der Waals surface area contributed by atoms with Gasteiger partial charge in [-0.25, -0.2) is 0 Å². The van der Waals surface area contributed by atoms with Gasteiger partial charge in [-0.05, 0) is 12.8 Å². The van der Waals surface area contributed by atoms with Crippen molar-refractivity contribution in [3.63, 3.8) is 0 Å². The molecule has 1 unspecified atom stereocenters. The minimum absolute atomic E-state index is 0.360. The molecule has 0 saturated carbocycles. The Hall–Kier alpha value is -0.320. The van der Waals surface area contributed by atoms with Crippen LogP contribution in [0.3, 0.4) is 0 Å². The Morgan fingerprint density at radius 2 is 0.821 bits per heavy atom. The van der Waals surface area contributed by atoms with E-state index in [1.807, 2.05) is 6.92 Å². The van der Waals surface area contributed by atoms with Crippen LogP contribution >= 0.6 is 0 Å². The van der Waals surface area contributed by atoms with E-state index in [-0.39, 0.29) is 6.10 Å². The molecule has 0 heterocycles. The van der Waals surface area contributed by atoms with E-state index in [9.17, 15) is 5.11 Å². The number of hydrogen-bond acceptors (Lipinski definition) is 8. The van der Waals surface area contributed by atoms with Crippen LogP contribution in [0, 0.1) is 0 Å². The fraction of sp³-hybridized carbons (Fsp3) is 1.00. The van der Waals surface area contributed by atoms with Gasteiger partial charge in [0, 0.05) is 6.61 Å². The standard InChI is InChI=1S/C20H42O8/c1-3-5-6-22-7-8-23-9-10-24-11-12-25-13-14-26-15-16-27-17-18-28-19-20(21)4-2/h20-21H,3-19H2,1-2H3. The molecule has 28 heavy (non-hydrogen) atoms. The lowest BCUT2D eigenvalue weighted by molar-refractivity contribution is -0.0257. The predicted molar refractivity (Wildman–Crippen MR) is 107 cm³/mol. The number of unbranched alkanes of at least 4 members (excludes halogenated alkanes) is 1. The van der Waals surface area contributed by atoms with Crippen LogP contribution in [0.2, 0.25) is 0 Å².